The van der Waals surface area contributed by atoms with Crippen molar-refractivity contribution in [3.63, 3.8) is 0 Å². The Labute approximate surface area is 325 Å². The van der Waals surface area contributed by atoms with E-state index in [1.54, 1.807) is 0 Å². The van der Waals surface area contributed by atoms with Crippen LogP contribution < -0.4 is 0 Å². The molecule has 4 nitrogen and oxygen atoms in total. The van der Waals surface area contributed by atoms with E-state index < -0.39 is 24.1 Å². The Bertz CT molecular complexity index is 1550. The number of carbonyl (C=O) groups is 2. The van der Waals surface area contributed by atoms with Crippen LogP contribution in [0.1, 0.15) is 184 Å². The van der Waals surface area contributed by atoms with E-state index in [-0.39, 0.29) is 0 Å². The highest BCUT2D eigenvalue weighted by Crippen LogP contribution is 2.40. The van der Waals surface area contributed by atoms with E-state index in [0.29, 0.717) is 23.0 Å². The van der Waals surface area contributed by atoms with Crippen molar-refractivity contribution in [2.75, 3.05) is 0 Å². The van der Waals surface area contributed by atoms with Gasteiger partial charge in [0.15, 0.2) is 12.2 Å². The molecule has 4 aromatic carbocycles. The molecule has 6 rings (SSSR count). The summed E-state index contributed by atoms with van der Waals surface area (Å²) in [6.45, 7) is 4.55. The number of rotatable bonds is 17. The molecule has 0 radical (unpaired) electrons. The summed E-state index contributed by atoms with van der Waals surface area (Å²) in [6.07, 6.45) is 19.0. The van der Waals surface area contributed by atoms with E-state index in [1.807, 2.05) is 84.9 Å². The predicted octanol–water partition coefficient (Wildman–Crippen LogP) is 13.9. The summed E-state index contributed by atoms with van der Waals surface area (Å²) in [7, 11) is 0. The molecule has 4 aromatic rings. The van der Waals surface area contributed by atoms with Crippen LogP contribution in [0.5, 0.6) is 0 Å². The van der Waals surface area contributed by atoms with Gasteiger partial charge in [0.1, 0.15) is 0 Å². The highest BCUT2D eigenvalue weighted by Gasteiger charge is 2.33. The molecule has 2 aliphatic carbocycles. The molecule has 4 heteroatoms. The van der Waals surface area contributed by atoms with Gasteiger partial charge in [-0.25, -0.2) is 9.59 Å². The van der Waals surface area contributed by atoms with Gasteiger partial charge in [-0.3, -0.25) is 0 Å². The predicted molar refractivity (Wildman–Crippen MR) is 220 cm³/mol. The number of hydrogen-bond acceptors (Lipinski definition) is 4. The highest BCUT2D eigenvalue weighted by molar-refractivity contribution is 5.90. The SMILES string of the molecule is CCCCCC1CCC(c2ccc(C(=O)O[C@@H](c3ccccc3)[C@@H](OC(=O)c3ccc(C4CCC(CCCCC)CC4)cc3)c3ccccc3)cc2)CC1. The van der Waals surface area contributed by atoms with Crippen molar-refractivity contribution in [3.8, 4) is 0 Å². The van der Waals surface area contributed by atoms with E-state index in [4.69, 9.17) is 9.47 Å². The molecular weight excluding hydrogens is 665 g/mol. The molecule has 2 saturated carbocycles. The number of unbranched alkanes of at least 4 members (excludes halogenated alkanes) is 4. The van der Waals surface area contributed by atoms with Gasteiger partial charge in [-0.2, -0.15) is 0 Å². The van der Waals surface area contributed by atoms with Crippen molar-refractivity contribution in [2.24, 2.45) is 11.8 Å². The summed E-state index contributed by atoms with van der Waals surface area (Å²) in [5, 5.41) is 0. The second-order valence-electron chi connectivity index (χ2n) is 16.1. The van der Waals surface area contributed by atoms with Crippen LogP contribution in [0.3, 0.4) is 0 Å². The Morgan fingerprint density at radius 2 is 0.833 bits per heavy atom. The molecule has 0 bridgehead atoms. The monoisotopic (exact) mass is 726 g/mol. The lowest BCUT2D eigenvalue weighted by atomic mass is 9.77. The van der Waals surface area contributed by atoms with E-state index in [2.05, 4.69) is 38.1 Å². The van der Waals surface area contributed by atoms with Gasteiger partial charge in [0.2, 0.25) is 0 Å². The summed E-state index contributed by atoms with van der Waals surface area (Å²) in [5.74, 6) is 1.94. The topological polar surface area (TPSA) is 52.6 Å². The van der Waals surface area contributed by atoms with Crippen LogP contribution >= 0.6 is 0 Å². The molecule has 0 N–H and O–H groups in total. The quantitative estimate of drug-likeness (QED) is 0.0803. The lowest BCUT2D eigenvalue weighted by molar-refractivity contribution is -0.0388. The minimum absolute atomic E-state index is 0.434. The Balaban J connectivity index is 1.14. The minimum atomic E-state index is -0.848. The van der Waals surface area contributed by atoms with Crippen molar-refractivity contribution < 1.29 is 19.1 Å². The number of hydrogen-bond donors (Lipinski definition) is 0. The molecule has 0 aromatic heterocycles. The zero-order valence-electron chi connectivity index (χ0n) is 32.8. The molecule has 286 valence electrons. The van der Waals surface area contributed by atoms with Gasteiger partial charge in [-0.1, -0.05) is 150 Å². The van der Waals surface area contributed by atoms with Gasteiger partial charge >= 0.3 is 11.9 Å². The fourth-order valence-electron chi connectivity index (χ4n) is 8.98. The maximum Gasteiger partial charge on any atom is 0.338 e. The third kappa shape index (κ3) is 11.0. The van der Waals surface area contributed by atoms with Gasteiger partial charge < -0.3 is 9.47 Å². The number of ether oxygens (including phenoxy) is 2. The number of carbonyl (C=O) groups excluding carboxylic acids is 2. The van der Waals surface area contributed by atoms with Crippen molar-refractivity contribution in [3.05, 3.63) is 143 Å². The van der Waals surface area contributed by atoms with Crippen LogP contribution in [0.2, 0.25) is 0 Å². The van der Waals surface area contributed by atoms with Crippen LogP contribution in [0, 0.1) is 11.8 Å². The molecule has 2 fully saturated rings. The number of esters is 2. The molecular formula is C50H62O4. The lowest BCUT2D eigenvalue weighted by Gasteiger charge is -2.29. The molecule has 0 saturated heterocycles. The first-order valence-corrected chi connectivity index (χ1v) is 21.2. The zero-order chi connectivity index (χ0) is 37.5. The molecule has 2 aliphatic rings. The van der Waals surface area contributed by atoms with E-state index >= 15 is 0 Å². The van der Waals surface area contributed by atoms with Crippen molar-refractivity contribution in [1.82, 2.24) is 0 Å². The average Bonchev–Trinajstić information content (AvgIpc) is 3.23. The molecule has 54 heavy (non-hydrogen) atoms. The van der Waals surface area contributed by atoms with Gasteiger partial charge in [0, 0.05) is 0 Å². The van der Waals surface area contributed by atoms with Crippen LogP contribution in [0.4, 0.5) is 0 Å². The summed E-state index contributed by atoms with van der Waals surface area (Å²) in [4.78, 5) is 27.8. The van der Waals surface area contributed by atoms with Crippen LogP contribution in [-0.4, -0.2) is 11.9 Å². The maximum absolute atomic E-state index is 13.9. The molecule has 0 aliphatic heterocycles. The first-order chi connectivity index (χ1) is 26.5. The van der Waals surface area contributed by atoms with Gasteiger partial charge in [0.05, 0.1) is 11.1 Å². The molecule has 2 atom stereocenters. The van der Waals surface area contributed by atoms with Crippen LogP contribution in [0.25, 0.3) is 0 Å². The minimum Gasteiger partial charge on any atom is -0.450 e. The van der Waals surface area contributed by atoms with Crippen LogP contribution in [0.15, 0.2) is 109 Å². The molecule has 0 unspecified atom stereocenters. The van der Waals surface area contributed by atoms with E-state index in [1.165, 1.54) is 114 Å². The first-order valence-electron chi connectivity index (χ1n) is 21.2. The summed E-state index contributed by atoms with van der Waals surface area (Å²) in [5.41, 5.74) is 5.12. The van der Waals surface area contributed by atoms with Crippen molar-refractivity contribution in [2.45, 2.75) is 141 Å². The average molecular weight is 727 g/mol. The fourth-order valence-corrected chi connectivity index (χ4v) is 8.98. The smallest absolute Gasteiger partial charge is 0.338 e. The normalized spacial score (nSPS) is 21.1. The maximum atomic E-state index is 13.9. The standard InChI is InChI=1S/C50H62O4/c1-3-5-9-15-37-21-25-39(26-22-37)41-29-33-45(34-30-41)49(51)53-47(43-17-11-7-12-18-43)48(44-19-13-8-14-20-44)54-50(52)46-35-31-42(32-36-46)40-27-23-38(24-28-40)16-10-6-4-2/h7-8,11-14,17-20,29-40,47-48H,3-6,9-10,15-16,21-28H2,1-2H3/t37?,38?,39?,40?,47-,48-/m0/s1. The summed E-state index contributed by atoms with van der Waals surface area (Å²) < 4.78 is 12.7. The third-order valence-electron chi connectivity index (χ3n) is 12.4. The molecule has 0 amide bonds. The zero-order valence-corrected chi connectivity index (χ0v) is 32.8. The summed E-state index contributed by atoms with van der Waals surface area (Å²) >= 11 is 0. The van der Waals surface area contributed by atoms with Crippen molar-refractivity contribution in [1.29, 1.82) is 0 Å². The Hall–Kier alpha value is -4.18. The van der Waals surface area contributed by atoms with E-state index in [9.17, 15) is 9.59 Å². The Kier molecular flexibility index (Phi) is 15.0. The van der Waals surface area contributed by atoms with Gasteiger partial charge in [-0.05, 0) is 122 Å². The van der Waals surface area contributed by atoms with Crippen LogP contribution in [-0.2, 0) is 9.47 Å². The Morgan fingerprint density at radius 1 is 0.481 bits per heavy atom. The lowest BCUT2D eigenvalue weighted by Crippen LogP contribution is -2.23. The highest BCUT2D eigenvalue weighted by atomic mass is 16.6. The summed E-state index contributed by atoms with van der Waals surface area (Å²) in [6, 6.07) is 35.3. The Morgan fingerprint density at radius 3 is 1.17 bits per heavy atom. The fraction of sp³-hybridized carbons (Fsp3) is 0.480. The third-order valence-corrected chi connectivity index (χ3v) is 12.4. The second-order valence-corrected chi connectivity index (χ2v) is 16.1. The second kappa shape index (κ2) is 20.5. The van der Waals surface area contributed by atoms with Gasteiger partial charge in [-0.15, -0.1) is 0 Å². The molecule has 0 spiro atoms. The molecule has 0 heterocycles. The van der Waals surface area contributed by atoms with E-state index in [0.717, 1.165) is 23.0 Å². The first kappa shape index (κ1) is 39.5. The van der Waals surface area contributed by atoms with Crippen molar-refractivity contribution >= 4 is 11.9 Å². The largest absolute Gasteiger partial charge is 0.450 e. The van der Waals surface area contributed by atoms with Gasteiger partial charge in [0.25, 0.3) is 0 Å². The number of benzene rings is 4.